The van der Waals surface area contributed by atoms with Crippen molar-refractivity contribution in [3.8, 4) is 11.8 Å². The highest BCUT2D eigenvalue weighted by Gasteiger charge is 2.47. The van der Waals surface area contributed by atoms with Gasteiger partial charge in [-0.3, -0.25) is 0 Å². The molecule has 50 valence electrons. The molecule has 2 nitrogen and oxygen atoms in total. The predicted octanol–water partition coefficient (Wildman–Crippen LogP) is 0.160. The van der Waals surface area contributed by atoms with Gasteiger partial charge in [0.25, 0.3) is 0 Å². The summed E-state index contributed by atoms with van der Waals surface area (Å²) in [4.78, 5) is 0. The quantitative estimate of drug-likeness (QED) is 0.370. The number of ether oxygens (including phenoxy) is 1. The molecule has 2 atom stereocenters. The lowest BCUT2D eigenvalue weighted by Gasteiger charge is -1.87. The van der Waals surface area contributed by atoms with Gasteiger partial charge in [0.05, 0.1) is 6.10 Å². The van der Waals surface area contributed by atoms with Crippen molar-refractivity contribution in [3.05, 3.63) is 0 Å². The molecule has 1 heterocycles. The first-order chi connectivity index (χ1) is 4.19. The molecule has 2 heteroatoms. The topological polar surface area (TPSA) is 32.8 Å². The smallest absolute Gasteiger partial charge is 0.152 e. The summed E-state index contributed by atoms with van der Waals surface area (Å²) in [5.74, 6) is 5.37. The molecule has 1 saturated heterocycles. The van der Waals surface area contributed by atoms with E-state index in [4.69, 9.17) is 9.84 Å². The summed E-state index contributed by atoms with van der Waals surface area (Å²) in [6.45, 7) is 3.80. The van der Waals surface area contributed by atoms with Crippen LogP contribution >= 0.6 is 0 Å². The molecular formula is C7H10O2. The van der Waals surface area contributed by atoms with Crippen LogP contribution < -0.4 is 0 Å². The molecule has 0 bridgehead atoms. The summed E-state index contributed by atoms with van der Waals surface area (Å²) in [6.07, 6.45) is 0.233. The summed E-state index contributed by atoms with van der Waals surface area (Å²) in [5.41, 5.74) is -0.261. The number of aliphatic hydroxyl groups excluding tert-OH is 1. The first-order valence-corrected chi connectivity index (χ1v) is 2.98. The van der Waals surface area contributed by atoms with Crippen LogP contribution in [0, 0.1) is 11.8 Å². The fourth-order valence-electron chi connectivity index (χ4n) is 0.679. The van der Waals surface area contributed by atoms with Crippen LogP contribution in [0.5, 0.6) is 0 Å². The molecule has 0 unspecified atom stereocenters. The number of hydrogen-bond acceptors (Lipinski definition) is 2. The molecule has 0 aromatic rings. The van der Waals surface area contributed by atoms with Crippen molar-refractivity contribution in [1.29, 1.82) is 0 Å². The largest absolute Gasteiger partial charge is 0.384 e. The molecule has 0 aliphatic carbocycles. The average Bonchev–Trinajstić information content (AvgIpc) is 2.38. The van der Waals surface area contributed by atoms with Crippen LogP contribution in [0.15, 0.2) is 0 Å². The van der Waals surface area contributed by atoms with Gasteiger partial charge in [0.15, 0.2) is 5.60 Å². The highest BCUT2D eigenvalue weighted by atomic mass is 16.6. The Balaban J connectivity index is 2.45. The number of epoxide rings is 1. The van der Waals surface area contributed by atoms with Crippen molar-refractivity contribution < 1.29 is 9.84 Å². The van der Waals surface area contributed by atoms with Gasteiger partial charge in [-0.1, -0.05) is 11.8 Å². The van der Waals surface area contributed by atoms with E-state index in [-0.39, 0.29) is 18.3 Å². The van der Waals surface area contributed by atoms with E-state index in [1.807, 2.05) is 13.8 Å². The van der Waals surface area contributed by atoms with E-state index < -0.39 is 0 Å². The van der Waals surface area contributed by atoms with E-state index in [9.17, 15) is 0 Å². The normalized spacial score (nSPS) is 39.2. The zero-order chi connectivity index (χ0) is 6.91. The second-order valence-corrected chi connectivity index (χ2v) is 2.33. The predicted molar refractivity (Wildman–Crippen MR) is 33.8 cm³/mol. The van der Waals surface area contributed by atoms with Crippen molar-refractivity contribution in [1.82, 2.24) is 0 Å². The molecule has 0 aromatic carbocycles. The molecule has 0 spiro atoms. The molecule has 1 N–H and O–H groups in total. The van der Waals surface area contributed by atoms with Gasteiger partial charge in [0.1, 0.15) is 6.61 Å². The van der Waals surface area contributed by atoms with E-state index in [1.165, 1.54) is 0 Å². The summed E-state index contributed by atoms with van der Waals surface area (Å²) >= 11 is 0. The minimum Gasteiger partial charge on any atom is -0.384 e. The SMILES string of the molecule is C[C@H]1O[C@]1(C)C#CCO. The van der Waals surface area contributed by atoms with Crippen LogP contribution in [0.2, 0.25) is 0 Å². The van der Waals surface area contributed by atoms with E-state index in [2.05, 4.69) is 11.8 Å². The third kappa shape index (κ3) is 1.24. The Hall–Kier alpha value is -0.520. The van der Waals surface area contributed by atoms with Gasteiger partial charge in [0, 0.05) is 0 Å². The van der Waals surface area contributed by atoms with Gasteiger partial charge in [-0.05, 0) is 13.8 Å². The molecule has 0 radical (unpaired) electrons. The lowest BCUT2D eigenvalue weighted by Crippen LogP contribution is -2.03. The minimum absolute atomic E-state index is 0.0777. The van der Waals surface area contributed by atoms with Crippen molar-refractivity contribution in [2.24, 2.45) is 0 Å². The second-order valence-electron chi connectivity index (χ2n) is 2.33. The average molecular weight is 126 g/mol. The van der Waals surface area contributed by atoms with Crippen molar-refractivity contribution >= 4 is 0 Å². The number of rotatable bonds is 0. The first-order valence-electron chi connectivity index (χ1n) is 2.98. The van der Waals surface area contributed by atoms with Crippen molar-refractivity contribution in [2.45, 2.75) is 25.6 Å². The standard InChI is InChI=1S/C7H10O2/c1-6-7(2,9-6)4-3-5-8/h6,8H,5H2,1-2H3/t6-,7-/m1/s1. The van der Waals surface area contributed by atoms with Gasteiger partial charge in [-0.2, -0.15) is 0 Å². The van der Waals surface area contributed by atoms with Gasteiger partial charge in [-0.25, -0.2) is 0 Å². The van der Waals surface area contributed by atoms with E-state index in [0.29, 0.717) is 0 Å². The highest BCUT2D eigenvalue weighted by molar-refractivity contribution is 5.22. The zero-order valence-electron chi connectivity index (χ0n) is 5.64. The second kappa shape index (κ2) is 2.02. The summed E-state index contributed by atoms with van der Waals surface area (Å²) < 4.78 is 5.12. The molecule has 1 rings (SSSR count). The number of hydrogen-bond donors (Lipinski definition) is 1. The third-order valence-corrected chi connectivity index (χ3v) is 1.56. The van der Waals surface area contributed by atoms with Crippen LogP contribution in [-0.2, 0) is 4.74 Å². The zero-order valence-corrected chi connectivity index (χ0v) is 5.64. The molecular weight excluding hydrogens is 116 g/mol. The van der Waals surface area contributed by atoms with Gasteiger partial charge >= 0.3 is 0 Å². The Kier molecular flexibility index (Phi) is 1.48. The lowest BCUT2D eigenvalue weighted by atomic mass is 10.1. The van der Waals surface area contributed by atoms with E-state index >= 15 is 0 Å². The Bertz CT molecular complexity index is 165. The third-order valence-electron chi connectivity index (χ3n) is 1.56. The molecule has 1 aliphatic heterocycles. The Morgan fingerprint density at radius 2 is 2.33 bits per heavy atom. The maximum Gasteiger partial charge on any atom is 0.152 e. The maximum atomic E-state index is 8.31. The number of aliphatic hydroxyl groups is 1. The van der Waals surface area contributed by atoms with Crippen molar-refractivity contribution in [3.63, 3.8) is 0 Å². The fraction of sp³-hybridized carbons (Fsp3) is 0.714. The molecule has 0 saturated carbocycles. The van der Waals surface area contributed by atoms with Gasteiger partial charge in [0.2, 0.25) is 0 Å². The molecule has 0 amide bonds. The van der Waals surface area contributed by atoms with E-state index in [0.717, 1.165) is 0 Å². The summed E-state index contributed by atoms with van der Waals surface area (Å²) in [5, 5.41) is 8.31. The molecule has 0 aromatic heterocycles. The Morgan fingerprint density at radius 3 is 2.67 bits per heavy atom. The van der Waals surface area contributed by atoms with Crippen LogP contribution in [0.1, 0.15) is 13.8 Å². The molecule has 9 heavy (non-hydrogen) atoms. The Morgan fingerprint density at radius 1 is 1.78 bits per heavy atom. The summed E-state index contributed by atoms with van der Waals surface area (Å²) in [6, 6.07) is 0. The highest BCUT2D eigenvalue weighted by Crippen LogP contribution is 2.34. The first kappa shape index (κ1) is 6.60. The monoisotopic (exact) mass is 126 g/mol. The summed E-state index contributed by atoms with van der Waals surface area (Å²) in [7, 11) is 0. The Labute approximate surface area is 54.8 Å². The van der Waals surface area contributed by atoms with Crippen molar-refractivity contribution in [2.75, 3.05) is 6.61 Å². The van der Waals surface area contributed by atoms with E-state index in [1.54, 1.807) is 0 Å². The van der Waals surface area contributed by atoms with Crippen LogP contribution in [0.4, 0.5) is 0 Å². The van der Waals surface area contributed by atoms with Crippen LogP contribution in [0.25, 0.3) is 0 Å². The van der Waals surface area contributed by atoms with Crippen LogP contribution in [-0.4, -0.2) is 23.4 Å². The van der Waals surface area contributed by atoms with Gasteiger partial charge in [-0.15, -0.1) is 0 Å². The maximum absolute atomic E-state index is 8.31. The molecule has 1 fully saturated rings. The van der Waals surface area contributed by atoms with Crippen LogP contribution in [0.3, 0.4) is 0 Å². The van der Waals surface area contributed by atoms with Gasteiger partial charge < -0.3 is 9.84 Å². The lowest BCUT2D eigenvalue weighted by molar-refractivity contribution is 0.344. The molecule has 1 aliphatic rings. The minimum atomic E-state index is -0.261. The fourth-order valence-corrected chi connectivity index (χ4v) is 0.679.